The molecule has 6 nitrogen and oxygen atoms in total. The number of rotatable bonds is 7. The molecule has 0 aliphatic heterocycles. The summed E-state index contributed by atoms with van der Waals surface area (Å²) in [5, 5.41) is 4.53. The SMILES string of the molecule is CCN[C@H](C)CNS(=O)(=O)c1csc(C(=O)OC)c1. The first-order valence-electron chi connectivity index (χ1n) is 5.80. The van der Waals surface area contributed by atoms with Gasteiger partial charge in [-0.15, -0.1) is 11.3 Å². The number of ether oxygens (including phenoxy) is 1. The van der Waals surface area contributed by atoms with Crippen molar-refractivity contribution in [3.05, 3.63) is 16.3 Å². The summed E-state index contributed by atoms with van der Waals surface area (Å²) in [4.78, 5) is 11.6. The summed E-state index contributed by atoms with van der Waals surface area (Å²) < 4.78 is 31.0. The van der Waals surface area contributed by atoms with Crippen molar-refractivity contribution >= 4 is 27.3 Å². The Kier molecular flexibility index (Phi) is 5.92. The number of hydrogen-bond donors (Lipinski definition) is 2. The third kappa shape index (κ3) is 4.57. The predicted octanol–water partition coefficient (Wildman–Crippen LogP) is 0.811. The maximum Gasteiger partial charge on any atom is 0.348 e. The van der Waals surface area contributed by atoms with E-state index in [4.69, 9.17) is 0 Å². The standard InChI is InChI=1S/C11H18N2O4S2/c1-4-12-8(2)6-13-19(15,16)9-5-10(18-7-9)11(14)17-3/h5,7-8,12-13H,4,6H2,1-3H3/t8-/m1/s1. The zero-order chi connectivity index (χ0) is 14.5. The second-order valence-electron chi connectivity index (χ2n) is 3.95. The number of sulfonamides is 1. The lowest BCUT2D eigenvalue weighted by molar-refractivity contribution is 0.0606. The summed E-state index contributed by atoms with van der Waals surface area (Å²) in [5.74, 6) is -0.535. The Hall–Kier alpha value is -0.960. The van der Waals surface area contributed by atoms with Crippen LogP contribution in [0.2, 0.25) is 0 Å². The number of likely N-dealkylation sites (N-methyl/N-ethyl adjacent to an activating group) is 1. The highest BCUT2D eigenvalue weighted by atomic mass is 32.2. The first-order chi connectivity index (χ1) is 8.90. The molecule has 0 amide bonds. The molecular formula is C11H18N2O4S2. The van der Waals surface area contributed by atoms with Crippen LogP contribution >= 0.6 is 11.3 Å². The van der Waals surface area contributed by atoms with Crippen molar-refractivity contribution in [1.29, 1.82) is 0 Å². The number of esters is 1. The van der Waals surface area contributed by atoms with Crippen LogP contribution in [-0.2, 0) is 14.8 Å². The van der Waals surface area contributed by atoms with Crippen molar-refractivity contribution < 1.29 is 17.9 Å². The summed E-state index contributed by atoms with van der Waals surface area (Å²) in [6, 6.07) is 1.36. The molecule has 0 aliphatic rings. The molecule has 0 aliphatic carbocycles. The van der Waals surface area contributed by atoms with Crippen molar-refractivity contribution in [3.63, 3.8) is 0 Å². The van der Waals surface area contributed by atoms with E-state index in [1.54, 1.807) is 0 Å². The van der Waals surface area contributed by atoms with Crippen LogP contribution in [0, 0.1) is 0 Å². The van der Waals surface area contributed by atoms with Crippen LogP contribution in [0.3, 0.4) is 0 Å². The molecule has 0 aromatic carbocycles. The molecule has 0 saturated heterocycles. The average molecular weight is 306 g/mol. The first-order valence-corrected chi connectivity index (χ1v) is 8.17. The van der Waals surface area contributed by atoms with E-state index in [0.717, 1.165) is 17.9 Å². The van der Waals surface area contributed by atoms with E-state index < -0.39 is 16.0 Å². The largest absolute Gasteiger partial charge is 0.465 e. The number of methoxy groups -OCH3 is 1. The maximum absolute atomic E-state index is 12.0. The van der Waals surface area contributed by atoms with Crippen molar-refractivity contribution in [1.82, 2.24) is 10.0 Å². The summed E-state index contributed by atoms with van der Waals surface area (Å²) in [7, 11) is -2.33. The van der Waals surface area contributed by atoms with E-state index in [2.05, 4.69) is 14.8 Å². The summed E-state index contributed by atoms with van der Waals surface area (Å²) in [6.45, 7) is 4.90. The zero-order valence-corrected chi connectivity index (χ0v) is 12.7. The molecule has 1 rings (SSSR count). The third-order valence-electron chi connectivity index (χ3n) is 2.40. The van der Waals surface area contributed by atoms with Gasteiger partial charge >= 0.3 is 5.97 Å². The lowest BCUT2D eigenvalue weighted by Gasteiger charge is -2.12. The first kappa shape index (κ1) is 16.1. The van der Waals surface area contributed by atoms with Crippen LogP contribution in [0.1, 0.15) is 23.5 Å². The van der Waals surface area contributed by atoms with E-state index in [1.807, 2.05) is 13.8 Å². The second-order valence-corrected chi connectivity index (χ2v) is 6.63. The third-order valence-corrected chi connectivity index (χ3v) is 4.87. The molecule has 108 valence electrons. The monoisotopic (exact) mass is 306 g/mol. The van der Waals surface area contributed by atoms with Gasteiger partial charge in [-0.2, -0.15) is 0 Å². The molecular weight excluding hydrogens is 288 g/mol. The maximum atomic E-state index is 12.0. The Morgan fingerprint density at radius 1 is 1.53 bits per heavy atom. The van der Waals surface area contributed by atoms with Gasteiger partial charge in [0.25, 0.3) is 0 Å². The molecule has 1 heterocycles. The molecule has 8 heteroatoms. The van der Waals surface area contributed by atoms with E-state index in [0.29, 0.717) is 6.54 Å². The van der Waals surface area contributed by atoms with Gasteiger partial charge in [0.05, 0.1) is 12.0 Å². The van der Waals surface area contributed by atoms with Crippen LogP contribution in [0.5, 0.6) is 0 Å². The topological polar surface area (TPSA) is 84.5 Å². The minimum atomic E-state index is -3.58. The molecule has 2 N–H and O–H groups in total. The number of thiophene rings is 1. The van der Waals surface area contributed by atoms with Gasteiger partial charge in [0.15, 0.2) is 0 Å². The fourth-order valence-electron chi connectivity index (χ4n) is 1.41. The molecule has 1 atom stereocenters. The van der Waals surface area contributed by atoms with Crippen LogP contribution in [0.15, 0.2) is 16.3 Å². The number of hydrogen-bond acceptors (Lipinski definition) is 6. The zero-order valence-electron chi connectivity index (χ0n) is 11.1. The van der Waals surface area contributed by atoms with Crippen LogP contribution in [0.25, 0.3) is 0 Å². The fraction of sp³-hybridized carbons (Fsp3) is 0.545. The van der Waals surface area contributed by atoms with E-state index in [-0.39, 0.29) is 15.8 Å². The van der Waals surface area contributed by atoms with Crippen LogP contribution in [-0.4, -0.2) is 40.6 Å². The number of carbonyl (C=O) groups is 1. The lowest BCUT2D eigenvalue weighted by Crippen LogP contribution is -2.38. The van der Waals surface area contributed by atoms with Gasteiger partial charge in [0.1, 0.15) is 4.88 Å². The number of nitrogens with one attached hydrogen (secondary N) is 2. The highest BCUT2D eigenvalue weighted by Crippen LogP contribution is 2.19. The normalized spacial score (nSPS) is 13.2. The Bertz CT molecular complexity index is 525. The molecule has 0 saturated carbocycles. The summed E-state index contributed by atoms with van der Waals surface area (Å²) in [5.41, 5.74) is 0. The van der Waals surface area contributed by atoms with Gasteiger partial charge < -0.3 is 10.1 Å². The summed E-state index contributed by atoms with van der Waals surface area (Å²) >= 11 is 1.04. The fourth-order valence-corrected chi connectivity index (χ4v) is 3.73. The minimum absolute atomic E-state index is 0.0403. The van der Waals surface area contributed by atoms with E-state index >= 15 is 0 Å². The average Bonchev–Trinajstić information content (AvgIpc) is 2.86. The Labute approximate surface area is 117 Å². The molecule has 0 unspecified atom stereocenters. The lowest BCUT2D eigenvalue weighted by atomic mass is 10.3. The molecule has 0 bridgehead atoms. The number of carbonyl (C=O) groups excluding carboxylic acids is 1. The van der Waals surface area contributed by atoms with Gasteiger partial charge in [-0.25, -0.2) is 17.9 Å². The van der Waals surface area contributed by atoms with Crippen molar-refractivity contribution in [3.8, 4) is 0 Å². The van der Waals surface area contributed by atoms with Crippen LogP contribution < -0.4 is 10.0 Å². The highest BCUT2D eigenvalue weighted by molar-refractivity contribution is 7.89. The highest BCUT2D eigenvalue weighted by Gasteiger charge is 2.19. The van der Waals surface area contributed by atoms with Gasteiger partial charge in [-0.05, 0) is 19.5 Å². The molecule has 19 heavy (non-hydrogen) atoms. The van der Waals surface area contributed by atoms with E-state index in [9.17, 15) is 13.2 Å². The van der Waals surface area contributed by atoms with Crippen molar-refractivity contribution in [2.45, 2.75) is 24.8 Å². The van der Waals surface area contributed by atoms with Crippen molar-refractivity contribution in [2.24, 2.45) is 0 Å². The van der Waals surface area contributed by atoms with Gasteiger partial charge in [0, 0.05) is 18.0 Å². The molecule has 1 aromatic heterocycles. The summed E-state index contributed by atoms with van der Waals surface area (Å²) in [6.07, 6.45) is 0. The van der Waals surface area contributed by atoms with Gasteiger partial charge in [-0.1, -0.05) is 6.92 Å². The predicted molar refractivity (Wildman–Crippen MR) is 74.0 cm³/mol. The smallest absolute Gasteiger partial charge is 0.348 e. The molecule has 0 spiro atoms. The van der Waals surface area contributed by atoms with Gasteiger partial charge in [-0.3, -0.25) is 0 Å². The Morgan fingerprint density at radius 3 is 2.79 bits per heavy atom. The molecule has 1 aromatic rings. The molecule has 0 fully saturated rings. The van der Waals surface area contributed by atoms with Gasteiger partial charge in [0.2, 0.25) is 10.0 Å². The van der Waals surface area contributed by atoms with Crippen molar-refractivity contribution in [2.75, 3.05) is 20.2 Å². The minimum Gasteiger partial charge on any atom is -0.465 e. The molecule has 0 radical (unpaired) electrons. The van der Waals surface area contributed by atoms with Crippen LogP contribution in [0.4, 0.5) is 0 Å². The quantitative estimate of drug-likeness (QED) is 0.728. The second kappa shape index (κ2) is 6.99. The Balaban J connectivity index is 2.72. The van der Waals surface area contributed by atoms with E-state index in [1.165, 1.54) is 18.6 Å². The Morgan fingerprint density at radius 2 is 2.21 bits per heavy atom.